The van der Waals surface area contributed by atoms with E-state index in [0.29, 0.717) is 18.2 Å². The van der Waals surface area contributed by atoms with Crippen molar-refractivity contribution in [3.63, 3.8) is 0 Å². The molecule has 2 aromatic rings. The standard InChI is InChI=1S/C22H30N4O2/c27-21(7-4-10-25-13-15-28-16-14-25)26-11-8-19(9-12-26)22-20(17-23-24-22)18-5-2-1-3-6-18/h1-3,5-6,17,19H,4,7-16H2,(H,23,24). The zero-order valence-electron chi connectivity index (χ0n) is 16.5. The minimum Gasteiger partial charge on any atom is -0.379 e. The molecule has 1 aromatic carbocycles. The van der Waals surface area contributed by atoms with Gasteiger partial charge in [0.15, 0.2) is 0 Å². The summed E-state index contributed by atoms with van der Waals surface area (Å²) in [6.07, 6.45) is 5.51. The van der Waals surface area contributed by atoms with Crippen LogP contribution in [0.25, 0.3) is 11.1 Å². The Morgan fingerprint density at radius 2 is 1.86 bits per heavy atom. The van der Waals surface area contributed by atoms with Crippen LogP contribution < -0.4 is 0 Å². The first-order valence-corrected chi connectivity index (χ1v) is 10.5. The normalized spacial score (nSPS) is 19.1. The second-order valence-corrected chi connectivity index (χ2v) is 7.78. The van der Waals surface area contributed by atoms with Crippen molar-refractivity contribution in [3.8, 4) is 11.1 Å². The molecule has 2 aliphatic rings. The Balaban J connectivity index is 1.26. The Bertz CT molecular complexity index is 747. The Morgan fingerprint density at radius 1 is 1.11 bits per heavy atom. The molecule has 0 spiro atoms. The van der Waals surface area contributed by atoms with Crippen molar-refractivity contribution in [2.75, 3.05) is 45.9 Å². The number of rotatable bonds is 6. The molecule has 1 amide bonds. The van der Waals surface area contributed by atoms with Gasteiger partial charge in [0.25, 0.3) is 0 Å². The van der Waals surface area contributed by atoms with E-state index in [1.54, 1.807) is 0 Å². The smallest absolute Gasteiger partial charge is 0.222 e. The van der Waals surface area contributed by atoms with Crippen LogP contribution >= 0.6 is 0 Å². The lowest BCUT2D eigenvalue weighted by Crippen LogP contribution is -2.39. The maximum absolute atomic E-state index is 12.6. The van der Waals surface area contributed by atoms with Gasteiger partial charge in [-0.25, -0.2) is 0 Å². The minimum atomic E-state index is 0.305. The number of hydrogen-bond acceptors (Lipinski definition) is 4. The number of nitrogens with zero attached hydrogens (tertiary/aromatic N) is 3. The third kappa shape index (κ3) is 4.62. The van der Waals surface area contributed by atoms with Crippen LogP contribution in [-0.4, -0.2) is 71.8 Å². The number of aromatic nitrogens is 2. The number of likely N-dealkylation sites (tertiary alicyclic amines) is 1. The molecule has 28 heavy (non-hydrogen) atoms. The summed E-state index contributed by atoms with van der Waals surface area (Å²) in [4.78, 5) is 17.0. The molecule has 0 saturated carbocycles. The van der Waals surface area contributed by atoms with Crippen molar-refractivity contribution < 1.29 is 9.53 Å². The lowest BCUT2D eigenvalue weighted by atomic mass is 9.89. The largest absolute Gasteiger partial charge is 0.379 e. The summed E-state index contributed by atoms with van der Waals surface area (Å²) < 4.78 is 5.38. The van der Waals surface area contributed by atoms with Crippen LogP contribution in [0.2, 0.25) is 0 Å². The van der Waals surface area contributed by atoms with E-state index in [2.05, 4.69) is 39.4 Å². The lowest BCUT2D eigenvalue weighted by Gasteiger charge is -2.32. The number of benzene rings is 1. The summed E-state index contributed by atoms with van der Waals surface area (Å²) in [5.41, 5.74) is 3.61. The van der Waals surface area contributed by atoms with Crippen molar-refractivity contribution in [2.45, 2.75) is 31.6 Å². The number of carbonyl (C=O) groups excluding carboxylic acids is 1. The topological polar surface area (TPSA) is 61.5 Å². The number of nitrogens with one attached hydrogen (secondary N) is 1. The number of carbonyl (C=O) groups is 1. The van der Waals surface area contributed by atoms with Gasteiger partial charge < -0.3 is 9.64 Å². The monoisotopic (exact) mass is 382 g/mol. The van der Waals surface area contributed by atoms with Gasteiger partial charge in [-0.1, -0.05) is 30.3 Å². The van der Waals surface area contributed by atoms with Crippen LogP contribution in [0.1, 0.15) is 37.3 Å². The van der Waals surface area contributed by atoms with E-state index >= 15 is 0 Å². The zero-order chi connectivity index (χ0) is 19.2. The first kappa shape index (κ1) is 19.2. The highest BCUT2D eigenvalue weighted by Crippen LogP contribution is 2.33. The molecule has 0 bridgehead atoms. The predicted molar refractivity (Wildman–Crippen MR) is 109 cm³/mol. The summed E-state index contributed by atoms with van der Waals surface area (Å²) in [6.45, 7) is 6.31. The second-order valence-electron chi connectivity index (χ2n) is 7.78. The van der Waals surface area contributed by atoms with Gasteiger partial charge in [-0.3, -0.25) is 14.8 Å². The van der Waals surface area contributed by atoms with Gasteiger partial charge in [-0.05, 0) is 31.4 Å². The highest BCUT2D eigenvalue weighted by Gasteiger charge is 2.26. The van der Waals surface area contributed by atoms with Crippen LogP contribution in [0.3, 0.4) is 0 Å². The molecule has 6 nitrogen and oxygen atoms in total. The van der Waals surface area contributed by atoms with E-state index in [9.17, 15) is 4.79 Å². The number of piperidine rings is 1. The van der Waals surface area contributed by atoms with E-state index in [1.807, 2.05) is 17.2 Å². The highest BCUT2D eigenvalue weighted by atomic mass is 16.5. The number of aromatic amines is 1. The third-order valence-electron chi connectivity index (χ3n) is 5.98. The van der Waals surface area contributed by atoms with E-state index in [1.165, 1.54) is 16.8 Å². The SMILES string of the molecule is O=C(CCCN1CCOCC1)N1CCC(c2[nH]ncc2-c2ccccc2)CC1. The fourth-order valence-electron chi connectivity index (χ4n) is 4.31. The Hall–Kier alpha value is -2.18. The average molecular weight is 383 g/mol. The predicted octanol–water partition coefficient (Wildman–Crippen LogP) is 2.90. The van der Waals surface area contributed by atoms with Gasteiger partial charge in [0.1, 0.15) is 0 Å². The van der Waals surface area contributed by atoms with Gasteiger partial charge in [0.2, 0.25) is 5.91 Å². The van der Waals surface area contributed by atoms with Crippen LogP contribution in [-0.2, 0) is 9.53 Å². The maximum atomic E-state index is 12.6. The maximum Gasteiger partial charge on any atom is 0.222 e. The minimum absolute atomic E-state index is 0.305. The van der Waals surface area contributed by atoms with Crippen LogP contribution in [0.15, 0.2) is 36.5 Å². The molecule has 4 rings (SSSR count). The van der Waals surface area contributed by atoms with Gasteiger partial charge in [0.05, 0.1) is 19.4 Å². The average Bonchev–Trinajstić information content (AvgIpc) is 3.25. The Morgan fingerprint density at radius 3 is 2.61 bits per heavy atom. The zero-order valence-corrected chi connectivity index (χ0v) is 16.5. The van der Waals surface area contributed by atoms with Crippen molar-refractivity contribution >= 4 is 5.91 Å². The molecule has 0 radical (unpaired) electrons. The molecule has 0 unspecified atom stereocenters. The molecule has 150 valence electrons. The molecule has 2 saturated heterocycles. The summed E-state index contributed by atoms with van der Waals surface area (Å²) in [6, 6.07) is 10.4. The Labute approximate surface area is 166 Å². The third-order valence-corrected chi connectivity index (χ3v) is 5.98. The van der Waals surface area contributed by atoms with Gasteiger partial charge >= 0.3 is 0 Å². The molecule has 1 N–H and O–H groups in total. The number of hydrogen-bond donors (Lipinski definition) is 1. The molecule has 0 atom stereocenters. The Kier molecular flexibility index (Phi) is 6.39. The van der Waals surface area contributed by atoms with Crippen LogP contribution in [0.5, 0.6) is 0 Å². The van der Waals surface area contributed by atoms with Crippen molar-refractivity contribution in [1.82, 2.24) is 20.0 Å². The molecule has 2 aliphatic heterocycles. The molecule has 0 aliphatic carbocycles. The van der Waals surface area contributed by atoms with Crippen molar-refractivity contribution in [1.29, 1.82) is 0 Å². The summed E-state index contributed by atoms with van der Waals surface area (Å²) >= 11 is 0. The van der Waals surface area contributed by atoms with E-state index < -0.39 is 0 Å². The summed E-state index contributed by atoms with van der Waals surface area (Å²) in [5.74, 6) is 0.745. The number of ether oxygens (including phenoxy) is 1. The van der Waals surface area contributed by atoms with Crippen LogP contribution in [0, 0.1) is 0 Å². The van der Waals surface area contributed by atoms with Crippen molar-refractivity contribution in [2.24, 2.45) is 0 Å². The molecule has 2 fully saturated rings. The summed E-state index contributed by atoms with van der Waals surface area (Å²) in [7, 11) is 0. The van der Waals surface area contributed by atoms with E-state index in [0.717, 1.165) is 65.2 Å². The van der Waals surface area contributed by atoms with Crippen LogP contribution in [0.4, 0.5) is 0 Å². The van der Waals surface area contributed by atoms with Gasteiger partial charge in [0, 0.05) is 49.8 Å². The molecular formula is C22H30N4O2. The fourth-order valence-corrected chi connectivity index (χ4v) is 4.31. The molecular weight excluding hydrogens is 352 g/mol. The second kappa shape index (κ2) is 9.34. The van der Waals surface area contributed by atoms with Crippen molar-refractivity contribution in [3.05, 3.63) is 42.2 Å². The quantitative estimate of drug-likeness (QED) is 0.835. The van der Waals surface area contributed by atoms with E-state index in [4.69, 9.17) is 4.74 Å². The van der Waals surface area contributed by atoms with Gasteiger partial charge in [-0.15, -0.1) is 0 Å². The fraction of sp³-hybridized carbons (Fsp3) is 0.545. The highest BCUT2D eigenvalue weighted by molar-refractivity contribution is 5.76. The van der Waals surface area contributed by atoms with E-state index in [-0.39, 0.29) is 0 Å². The number of morpholine rings is 1. The molecule has 6 heteroatoms. The first-order valence-electron chi connectivity index (χ1n) is 10.5. The van der Waals surface area contributed by atoms with Gasteiger partial charge in [-0.2, -0.15) is 5.10 Å². The summed E-state index contributed by atoms with van der Waals surface area (Å²) in [5, 5.41) is 7.51. The molecule has 1 aromatic heterocycles. The molecule has 3 heterocycles. The first-order chi connectivity index (χ1) is 13.8. The number of amides is 1. The lowest BCUT2D eigenvalue weighted by molar-refractivity contribution is -0.132. The number of H-pyrrole nitrogens is 1.